The van der Waals surface area contributed by atoms with Crippen molar-refractivity contribution in [2.24, 2.45) is 0 Å². The molecule has 1 aliphatic rings. The molecule has 3 nitrogen and oxygen atoms in total. The number of rotatable bonds is 4. The normalized spacial score (nSPS) is 16.4. The molecule has 0 saturated heterocycles. The first kappa shape index (κ1) is 16.3. The van der Waals surface area contributed by atoms with E-state index in [1.165, 1.54) is 33.4 Å². The van der Waals surface area contributed by atoms with Crippen molar-refractivity contribution in [3.63, 3.8) is 0 Å². The molecule has 24 heavy (non-hydrogen) atoms. The van der Waals surface area contributed by atoms with E-state index in [-0.39, 0.29) is 6.04 Å². The minimum Gasteiger partial charge on any atom is -0.479 e. The number of carbonyl (C=O) groups is 1. The molecule has 2 aromatic carbocycles. The van der Waals surface area contributed by atoms with E-state index in [0.717, 1.165) is 0 Å². The van der Waals surface area contributed by atoms with Crippen molar-refractivity contribution in [1.29, 1.82) is 0 Å². The standard InChI is InChI=1S/C21H23NO2/c1-13-7-5-9-17(15(13)3)20(22-12-11-19(22)21(23)24)18-10-6-8-14(2)16(18)4/h5-12,19-20H,1-4H3,(H,23,24). The van der Waals surface area contributed by atoms with Gasteiger partial charge in [-0.15, -0.1) is 0 Å². The molecular formula is C21H23NO2. The van der Waals surface area contributed by atoms with E-state index in [0.29, 0.717) is 0 Å². The summed E-state index contributed by atoms with van der Waals surface area (Å²) in [5, 5.41) is 9.50. The molecular weight excluding hydrogens is 298 g/mol. The lowest BCUT2D eigenvalue weighted by molar-refractivity contribution is -0.142. The maximum Gasteiger partial charge on any atom is 0.330 e. The van der Waals surface area contributed by atoms with E-state index in [2.05, 4.69) is 64.1 Å². The number of nitrogens with zero attached hydrogens (tertiary/aromatic N) is 1. The van der Waals surface area contributed by atoms with Crippen LogP contribution >= 0.6 is 0 Å². The highest BCUT2D eigenvalue weighted by atomic mass is 16.4. The predicted octanol–water partition coefficient (Wildman–Crippen LogP) is 4.29. The van der Waals surface area contributed by atoms with Crippen LogP contribution in [0.25, 0.3) is 0 Å². The van der Waals surface area contributed by atoms with Crippen LogP contribution in [-0.2, 0) is 4.79 Å². The molecule has 1 unspecified atom stereocenters. The Morgan fingerprint density at radius 3 is 1.83 bits per heavy atom. The molecule has 124 valence electrons. The minimum absolute atomic E-state index is 0.0871. The Hall–Kier alpha value is -2.55. The van der Waals surface area contributed by atoms with Crippen LogP contribution in [-0.4, -0.2) is 22.0 Å². The van der Waals surface area contributed by atoms with Crippen molar-refractivity contribution >= 4 is 5.97 Å². The van der Waals surface area contributed by atoms with Crippen molar-refractivity contribution in [1.82, 2.24) is 4.90 Å². The molecule has 3 heteroatoms. The zero-order chi connectivity index (χ0) is 17.4. The topological polar surface area (TPSA) is 40.5 Å². The molecule has 1 N–H and O–H groups in total. The van der Waals surface area contributed by atoms with Crippen molar-refractivity contribution in [3.05, 3.63) is 82.1 Å². The summed E-state index contributed by atoms with van der Waals surface area (Å²) < 4.78 is 0. The number of benzene rings is 2. The Balaban J connectivity index is 2.19. The monoisotopic (exact) mass is 321 g/mol. The molecule has 0 fully saturated rings. The lowest BCUT2D eigenvalue weighted by Crippen LogP contribution is -2.45. The first-order valence-corrected chi connectivity index (χ1v) is 8.22. The Morgan fingerprint density at radius 2 is 1.46 bits per heavy atom. The molecule has 3 rings (SSSR count). The van der Waals surface area contributed by atoms with Crippen LogP contribution in [0.5, 0.6) is 0 Å². The van der Waals surface area contributed by atoms with Gasteiger partial charge in [-0.1, -0.05) is 36.4 Å². The van der Waals surface area contributed by atoms with Crippen LogP contribution in [0.2, 0.25) is 0 Å². The third kappa shape index (κ3) is 2.60. The molecule has 0 aromatic heterocycles. The maximum atomic E-state index is 11.6. The van der Waals surface area contributed by atoms with Gasteiger partial charge in [0.25, 0.3) is 0 Å². The second-order valence-electron chi connectivity index (χ2n) is 6.55. The number of aliphatic carboxylic acids is 1. The Labute approximate surface area is 143 Å². The van der Waals surface area contributed by atoms with Crippen molar-refractivity contribution in [3.8, 4) is 0 Å². The van der Waals surface area contributed by atoms with Crippen LogP contribution in [0.15, 0.2) is 48.7 Å². The summed E-state index contributed by atoms with van der Waals surface area (Å²) >= 11 is 0. The number of aryl methyl sites for hydroxylation is 2. The molecule has 0 bridgehead atoms. The number of carboxylic acids is 1. The van der Waals surface area contributed by atoms with E-state index in [4.69, 9.17) is 0 Å². The van der Waals surface area contributed by atoms with E-state index < -0.39 is 12.0 Å². The van der Waals surface area contributed by atoms with Crippen LogP contribution in [0.4, 0.5) is 0 Å². The Morgan fingerprint density at radius 1 is 0.958 bits per heavy atom. The maximum absolute atomic E-state index is 11.6. The van der Waals surface area contributed by atoms with Crippen LogP contribution in [0, 0.1) is 27.7 Å². The highest BCUT2D eigenvalue weighted by Gasteiger charge is 2.35. The molecule has 0 radical (unpaired) electrons. The van der Waals surface area contributed by atoms with E-state index in [1.807, 2.05) is 11.1 Å². The second-order valence-corrected chi connectivity index (χ2v) is 6.55. The van der Waals surface area contributed by atoms with Crippen LogP contribution < -0.4 is 0 Å². The van der Waals surface area contributed by atoms with Gasteiger partial charge in [-0.2, -0.15) is 0 Å². The van der Waals surface area contributed by atoms with Crippen molar-refractivity contribution in [2.75, 3.05) is 0 Å². The summed E-state index contributed by atoms with van der Waals surface area (Å²) in [5.41, 5.74) is 7.21. The molecule has 0 spiro atoms. The zero-order valence-electron chi connectivity index (χ0n) is 14.6. The number of carboxylic acid groups (broad SMARTS) is 1. The fraction of sp³-hybridized carbons (Fsp3) is 0.286. The molecule has 1 heterocycles. The van der Waals surface area contributed by atoms with Gasteiger partial charge >= 0.3 is 5.97 Å². The van der Waals surface area contributed by atoms with Gasteiger partial charge in [0, 0.05) is 0 Å². The zero-order valence-corrected chi connectivity index (χ0v) is 14.6. The highest BCUT2D eigenvalue weighted by molar-refractivity contribution is 5.78. The summed E-state index contributed by atoms with van der Waals surface area (Å²) in [7, 11) is 0. The lowest BCUT2D eigenvalue weighted by Gasteiger charge is -2.41. The fourth-order valence-corrected chi connectivity index (χ4v) is 3.36. The molecule has 1 atom stereocenters. The first-order valence-electron chi connectivity index (χ1n) is 8.22. The van der Waals surface area contributed by atoms with Gasteiger partial charge in [-0.25, -0.2) is 4.79 Å². The highest BCUT2D eigenvalue weighted by Crippen LogP contribution is 2.38. The largest absolute Gasteiger partial charge is 0.479 e. The van der Waals surface area contributed by atoms with Crippen LogP contribution in [0.1, 0.15) is 39.4 Å². The molecule has 2 aromatic rings. The Kier molecular flexibility index (Phi) is 4.18. The minimum atomic E-state index is -0.807. The van der Waals surface area contributed by atoms with E-state index >= 15 is 0 Å². The summed E-state index contributed by atoms with van der Waals surface area (Å²) in [4.78, 5) is 13.5. The van der Waals surface area contributed by atoms with Gasteiger partial charge in [-0.3, -0.25) is 0 Å². The SMILES string of the molecule is Cc1cccc(C(c2cccc(C)c2C)N2C=CC2C(=O)O)c1C. The van der Waals surface area contributed by atoms with Gasteiger partial charge < -0.3 is 10.0 Å². The lowest BCUT2D eigenvalue weighted by atomic mass is 9.86. The average molecular weight is 321 g/mol. The fourth-order valence-electron chi connectivity index (χ4n) is 3.36. The van der Waals surface area contributed by atoms with E-state index in [1.54, 1.807) is 6.08 Å². The van der Waals surface area contributed by atoms with Gasteiger partial charge in [-0.05, 0) is 73.4 Å². The Bertz CT molecular complexity index is 771. The molecule has 0 aliphatic carbocycles. The summed E-state index contributed by atoms with van der Waals surface area (Å²) in [6.07, 6.45) is 3.64. The third-order valence-electron chi connectivity index (χ3n) is 5.20. The van der Waals surface area contributed by atoms with Gasteiger partial charge in [0.05, 0.1) is 6.04 Å². The quantitative estimate of drug-likeness (QED) is 0.913. The van der Waals surface area contributed by atoms with Crippen molar-refractivity contribution in [2.45, 2.75) is 39.8 Å². The average Bonchev–Trinajstić information content (AvgIpc) is 2.49. The summed E-state index contributed by atoms with van der Waals surface area (Å²) in [6, 6.07) is 11.9. The number of hydrogen-bond acceptors (Lipinski definition) is 2. The first-order chi connectivity index (χ1) is 11.4. The van der Waals surface area contributed by atoms with Gasteiger partial charge in [0.15, 0.2) is 0 Å². The van der Waals surface area contributed by atoms with Crippen molar-refractivity contribution < 1.29 is 9.90 Å². The molecule has 1 aliphatic heterocycles. The molecule has 0 saturated carbocycles. The summed E-state index contributed by atoms with van der Waals surface area (Å²) in [6.45, 7) is 8.42. The smallest absolute Gasteiger partial charge is 0.330 e. The van der Waals surface area contributed by atoms with Crippen LogP contribution in [0.3, 0.4) is 0 Å². The second kappa shape index (κ2) is 6.16. The summed E-state index contributed by atoms with van der Waals surface area (Å²) in [5.74, 6) is -0.807. The van der Waals surface area contributed by atoms with E-state index in [9.17, 15) is 9.90 Å². The van der Waals surface area contributed by atoms with Gasteiger partial charge in [0.2, 0.25) is 0 Å². The number of hydrogen-bond donors (Lipinski definition) is 1. The van der Waals surface area contributed by atoms with Gasteiger partial charge in [0.1, 0.15) is 6.04 Å². The predicted molar refractivity (Wildman–Crippen MR) is 96.1 cm³/mol. The molecule has 0 amide bonds. The third-order valence-corrected chi connectivity index (χ3v) is 5.20.